The Morgan fingerprint density at radius 1 is 1.50 bits per heavy atom. The van der Waals surface area contributed by atoms with Crippen LogP contribution in [-0.4, -0.2) is 23.3 Å². The Labute approximate surface area is 83.7 Å². The average Bonchev–Trinajstić information content (AvgIpc) is 2.26. The maximum atomic E-state index is 5.36. The van der Waals surface area contributed by atoms with Gasteiger partial charge in [0.15, 0.2) is 0 Å². The monoisotopic (exact) mass is 193 g/mol. The predicted molar refractivity (Wildman–Crippen MR) is 54.2 cm³/mol. The van der Waals surface area contributed by atoms with Gasteiger partial charge in [0.2, 0.25) is 0 Å². The van der Waals surface area contributed by atoms with Crippen molar-refractivity contribution in [1.29, 1.82) is 0 Å². The molecule has 0 amide bonds. The molecule has 0 unspecified atom stereocenters. The molecule has 14 heavy (non-hydrogen) atoms. The smallest absolute Gasteiger partial charge is 0.149 e. The maximum absolute atomic E-state index is 5.36. The Hall–Kier alpha value is -1.16. The van der Waals surface area contributed by atoms with Crippen LogP contribution in [0.2, 0.25) is 0 Å². The van der Waals surface area contributed by atoms with Crippen molar-refractivity contribution in [1.82, 2.24) is 10.2 Å². The van der Waals surface area contributed by atoms with Gasteiger partial charge in [0, 0.05) is 18.5 Å². The van der Waals surface area contributed by atoms with E-state index in [2.05, 4.69) is 22.4 Å². The van der Waals surface area contributed by atoms with Crippen molar-refractivity contribution in [3.8, 4) is 0 Å². The summed E-state index contributed by atoms with van der Waals surface area (Å²) in [6.45, 7) is 4.51. The van der Waals surface area contributed by atoms with Crippen molar-refractivity contribution in [3.05, 3.63) is 17.3 Å². The molecule has 4 heteroatoms. The second kappa shape index (κ2) is 4.37. The number of hydrogen-bond acceptors (Lipinski definition) is 4. The zero-order chi connectivity index (χ0) is 9.80. The molecule has 2 heterocycles. The Balaban J connectivity index is 2.12. The molecule has 1 N–H and O–H groups in total. The third-order valence-electron chi connectivity index (χ3n) is 2.26. The van der Waals surface area contributed by atoms with E-state index in [0.29, 0.717) is 6.61 Å². The number of aromatic nitrogens is 2. The summed E-state index contributed by atoms with van der Waals surface area (Å²) in [5.74, 6) is 0.858. The normalized spacial score (nSPS) is 14.9. The van der Waals surface area contributed by atoms with Crippen LogP contribution in [0.4, 0.5) is 5.82 Å². The van der Waals surface area contributed by atoms with Gasteiger partial charge in [-0.15, -0.1) is 5.10 Å². The largest absolute Gasteiger partial charge is 0.376 e. The van der Waals surface area contributed by atoms with E-state index in [9.17, 15) is 0 Å². The van der Waals surface area contributed by atoms with E-state index < -0.39 is 0 Å². The molecule has 0 spiro atoms. The second-order valence-corrected chi connectivity index (χ2v) is 3.43. The lowest BCUT2D eigenvalue weighted by atomic mass is 10.1. The van der Waals surface area contributed by atoms with E-state index >= 15 is 0 Å². The molecule has 1 aliphatic rings. The minimum absolute atomic E-state index is 0.672. The third-order valence-corrected chi connectivity index (χ3v) is 2.26. The lowest BCUT2D eigenvalue weighted by Crippen LogP contribution is -2.14. The zero-order valence-electron chi connectivity index (χ0n) is 8.42. The number of nitrogens with zero attached hydrogens (tertiary/aromatic N) is 2. The molecule has 0 radical (unpaired) electrons. The fourth-order valence-corrected chi connectivity index (χ4v) is 1.48. The number of fused-ring (bicyclic) bond motifs is 1. The van der Waals surface area contributed by atoms with E-state index in [1.54, 1.807) is 0 Å². The molecule has 4 nitrogen and oxygen atoms in total. The molecular weight excluding hydrogens is 178 g/mol. The van der Waals surface area contributed by atoms with E-state index in [1.165, 1.54) is 5.56 Å². The van der Waals surface area contributed by atoms with Gasteiger partial charge >= 0.3 is 0 Å². The van der Waals surface area contributed by atoms with Gasteiger partial charge in [0.1, 0.15) is 5.82 Å². The molecule has 76 valence electrons. The van der Waals surface area contributed by atoms with Crippen LogP contribution < -0.4 is 5.32 Å². The van der Waals surface area contributed by atoms with Gasteiger partial charge in [-0.3, -0.25) is 0 Å². The Morgan fingerprint density at radius 3 is 3.29 bits per heavy atom. The van der Waals surface area contributed by atoms with Crippen LogP contribution in [0, 0.1) is 0 Å². The summed E-state index contributed by atoms with van der Waals surface area (Å²) < 4.78 is 5.36. The standard InChI is InChI=1S/C10H15N3O/c1-2-4-11-10-6-8-7-14-5-3-9(8)12-13-10/h6H,2-5,7H2,1H3,(H,11,13). The highest BCUT2D eigenvalue weighted by Crippen LogP contribution is 2.16. The average molecular weight is 193 g/mol. The van der Waals surface area contributed by atoms with Crippen LogP contribution in [0.5, 0.6) is 0 Å². The second-order valence-electron chi connectivity index (χ2n) is 3.43. The first-order valence-corrected chi connectivity index (χ1v) is 5.07. The summed E-state index contributed by atoms with van der Waals surface area (Å²) in [6, 6.07) is 2.04. The van der Waals surface area contributed by atoms with Gasteiger partial charge in [-0.1, -0.05) is 6.92 Å². The van der Waals surface area contributed by atoms with Crippen LogP contribution >= 0.6 is 0 Å². The number of ether oxygens (including phenoxy) is 1. The van der Waals surface area contributed by atoms with Crippen molar-refractivity contribution in [3.63, 3.8) is 0 Å². The van der Waals surface area contributed by atoms with E-state index in [4.69, 9.17) is 4.74 Å². The van der Waals surface area contributed by atoms with Crippen molar-refractivity contribution < 1.29 is 4.74 Å². The summed E-state index contributed by atoms with van der Waals surface area (Å²) in [5.41, 5.74) is 2.25. The van der Waals surface area contributed by atoms with Crippen LogP contribution in [-0.2, 0) is 17.8 Å². The van der Waals surface area contributed by atoms with Crippen LogP contribution in [0.1, 0.15) is 24.6 Å². The quantitative estimate of drug-likeness (QED) is 0.787. The predicted octanol–water partition coefficient (Wildman–Crippen LogP) is 1.37. The molecule has 0 aliphatic carbocycles. The van der Waals surface area contributed by atoms with Gasteiger partial charge in [0.05, 0.1) is 18.9 Å². The fourth-order valence-electron chi connectivity index (χ4n) is 1.48. The highest BCUT2D eigenvalue weighted by atomic mass is 16.5. The molecular formula is C10H15N3O. The van der Waals surface area contributed by atoms with Crippen molar-refractivity contribution in [2.75, 3.05) is 18.5 Å². The molecule has 2 rings (SSSR count). The SMILES string of the molecule is CCCNc1cc2c(nn1)CCOC2. The first-order valence-electron chi connectivity index (χ1n) is 5.07. The molecule has 1 aromatic rings. The summed E-state index contributed by atoms with van der Waals surface area (Å²) in [5, 5.41) is 11.5. The maximum Gasteiger partial charge on any atom is 0.149 e. The minimum atomic E-state index is 0.672. The van der Waals surface area contributed by atoms with E-state index in [0.717, 1.165) is 37.5 Å². The van der Waals surface area contributed by atoms with Gasteiger partial charge in [-0.2, -0.15) is 5.10 Å². The molecule has 0 saturated carbocycles. The summed E-state index contributed by atoms with van der Waals surface area (Å²) in [7, 11) is 0. The first kappa shape index (κ1) is 9.40. The third kappa shape index (κ3) is 2.01. The number of anilines is 1. The van der Waals surface area contributed by atoms with E-state index in [1.807, 2.05) is 6.07 Å². The lowest BCUT2D eigenvalue weighted by Gasteiger charge is -2.15. The number of hydrogen-bond donors (Lipinski definition) is 1. The highest BCUT2D eigenvalue weighted by molar-refractivity contribution is 5.38. The first-order chi connectivity index (χ1) is 6.90. The van der Waals surface area contributed by atoms with Crippen molar-refractivity contribution in [2.24, 2.45) is 0 Å². The lowest BCUT2D eigenvalue weighted by molar-refractivity contribution is 0.109. The van der Waals surface area contributed by atoms with Crippen LogP contribution in [0.25, 0.3) is 0 Å². The van der Waals surface area contributed by atoms with E-state index in [-0.39, 0.29) is 0 Å². The summed E-state index contributed by atoms with van der Waals surface area (Å²) >= 11 is 0. The highest BCUT2D eigenvalue weighted by Gasteiger charge is 2.11. The van der Waals surface area contributed by atoms with Gasteiger partial charge < -0.3 is 10.1 Å². The topological polar surface area (TPSA) is 47.0 Å². The Morgan fingerprint density at radius 2 is 2.43 bits per heavy atom. The number of rotatable bonds is 3. The zero-order valence-corrected chi connectivity index (χ0v) is 8.42. The molecule has 1 aliphatic heterocycles. The van der Waals surface area contributed by atoms with Gasteiger partial charge in [-0.25, -0.2) is 0 Å². The van der Waals surface area contributed by atoms with Crippen molar-refractivity contribution >= 4 is 5.82 Å². The minimum Gasteiger partial charge on any atom is -0.376 e. The van der Waals surface area contributed by atoms with Crippen LogP contribution in [0.15, 0.2) is 6.07 Å². The summed E-state index contributed by atoms with van der Waals surface area (Å²) in [6.07, 6.45) is 1.98. The van der Waals surface area contributed by atoms with Gasteiger partial charge in [0.25, 0.3) is 0 Å². The molecule has 1 aromatic heterocycles. The molecule has 0 aromatic carbocycles. The molecule has 0 fully saturated rings. The number of nitrogens with one attached hydrogen (secondary N) is 1. The Bertz CT molecular complexity index is 314. The fraction of sp³-hybridized carbons (Fsp3) is 0.600. The summed E-state index contributed by atoms with van der Waals surface area (Å²) in [4.78, 5) is 0. The van der Waals surface area contributed by atoms with Gasteiger partial charge in [-0.05, 0) is 12.5 Å². The molecule has 0 bridgehead atoms. The molecule has 0 atom stereocenters. The van der Waals surface area contributed by atoms with Crippen molar-refractivity contribution in [2.45, 2.75) is 26.4 Å². The Kier molecular flexibility index (Phi) is 2.93. The van der Waals surface area contributed by atoms with Crippen LogP contribution in [0.3, 0.4) is 0 Å². The molecule has 0 saturated heterocycles.